The van der Waals surface area contributed by atoms with Gasteiger partial charge in [0.25, 0.3) is 10.0 Å². The molecule has 19 heavy (non-hydrogen) atoms. The lowest BCUT2D eigenvalue weighted by Gasteiger charge is -2.17. The van der Waals surface area contributed by atoms with E-state index in [1.54, 1.807) is 0 Å². The van der Waals surface area contributed by atoms with Crippen LogP contribution in [0.1, 0.15) is 31.4 Å². The highest BCUT2D eigenvalue weighted by Crippen LogP contribution is 2.20. The van der Waals surface area contributed by atoms with Gasteiger partial charge in [-0.2, -0.15) is 0 Å². The molecule has 1 heterocycles. The third-order valence-corrected chi connectivity index (χ3v) is 4.24. The van der Waals surface area contributed by atoms with Crippen LogP contribution in [-0.2, 0) is 10.0 Å². The van der Waals surface area contributed by atoms with Crippen LogP contribution in [0.4, 0.5) is 0 Å². The Morgan fingerprint density at radius 1 is 1.32 bits per heavy atom. The van der Waals surface area contributed by atoms with Crippen LogP contribution in [0.5, 0.6) is 0 Å². The van der Waals surface area contributed by atoms with E-state index >= 15 is 0 Å². The van der Waals surface area contributed by atoms with Crippen molar-refractivity contribution >= 4 is 10.0 Å². The van der Waals surface area contributed by atoms with E-state index in [1.165, 1.54) is 12.5 Å². The van der Waals surface area contributed by atoms with E-state index < -0.39 is 10.0 Å². The minimum Gasteiger partial charge on any atom is -0.335 e. The number of aromatic amines is 1. The molecular formula is C13H17N3O2S. The molecule has 0 aliphatic heterocycles. The van der Waals surface area contributed by atoms with Crippen LogP contribution < -0.4 is 4.72 Å². The van der Waals surface area contributed by atoms with Crippen molar-refractivity contribution in [1.82, 2.24) is 14.7 Å². The number of nitrogens with zero attached hydrogens (tertiary/aromatic N) is 1. The molecule has 1 aromatic carbocycles. The zero-order valence-electron chi connectivity index (χ0n) is 10.7. The predicted octanol–water partition coefficient (Wildman–Crippen LogP) is 2.23. The fourth-order valence-electron chi connectivity index (χ4n) is 1.91. The van der Waals surface area contributed by atoms with Gasteiger partial charge in [0.05, 0.1) is 12.5 Å². The third-order valence-electron chi connectivity index (χ3n) is 2.84. The zero-order valence-corrected chi connectivity index (χ0v) is 11.5. The maximum Gasteiger partial charge on any atom is 0.258 e. The molecule has 1 aromatic heterocycles. The molecule has 2 N–H and O–H groups in total. The summed E-state index contributed by atoms with van der Waals surface area (Å²) in [5, 5.41) is 0.0875. The van der Waals surface area contributed by atoms with Gasteiger partial charge in [0, 0.05) is 6.04 Å². The van der Waals surface area contributed by atoms with Crippen LogP contribution in [0.3, 0.4) is 0 Å². The molecule has 2 rings (SSSR count). The molecule has 0 bridgehead atoms. The van der Waals surface area contributed by atoms with Crippen LogP contribution in [0.25, 0.3) is 0 Å². The summed E-state index contributed by atoms with van der Waals surface area (Å²) < 4.78 is 27.1. The molecule has 0 spiro atoms. The van der Waals surface area contributed by atoms with E-state index in [2.05, 4.69) is 14.7 Å². The summed E-state index contributed by atoms with van der Waals surface area (Å²) in [7, 11) is -3.55. The zero-order chi connectivity index (χ0) is 13.7. The molecule has 102 valence electrons. The SMILES string of the molecule is CCCC(NS(=O)(=O)c1cnc[nH]1)c1ccccc1. The van der Waals surface area contributed by atoms with Crippen LogP contribution in [0.2, 0.25) is 0 Å². The average molecular weight is 279 g/mol. The van der Waals surface area contributed by atoms with Gasteiger partial charge >= 0.3 is 0 Å². The monoisotopic (exact) mass is 279 g/mol. The first-order valence-corrected chi connectivity index (χ1v) is 7.67. The quantitative estimate of drug-likeness (QED) is 0.851. The van der Waals surface area contributed by atoms with Gasteiger partial charge in [-0.15, -0.1) is 0 Å². The topological polar surface area (TPSA) is 74.8 Å². The summed E-state index contributed by atoms with van der Waals surface area (Å²) in [6.45, 7) is 2.03. The fourth-order valence-corrected chi connectivity index (χ4v) is 3.07. The van der Waals surface area contributed by atoms with Crippen LogP contribution in [0, 0.1) is 0 Å². The van der Waals surface area contributed by atoms with E-state index in [1.807, 2.05) is 37.3 Å². The molecular weight excluding hydrogens is 262 g/mol. The standard InChI is InChI=1S/C13H17N3O2S/c1-2-6-12(11-7-4-3-5-8-11)16-19(17,18)13-9-14-10-15-13/h3-5,7-10,12,16H,2,6H2,1H3,(H,14,15). The molecule has 1 unspecified atom stereocenters. The number of benzene rings is 1. The van der Waals surface area contributed by atoms with E-state index in [9.17, 15) is 8.42 Å². The first kappa shape index (κ1) is 13.8. The van der Waals surface area contributed by atoms with E-state index in [4.69, 9.17) is 0 Å². The number of hydrogen-bond acceptors (Lipinski definition) is 3. The molecule has 0 amide bonds. The first-order chi connectivity index (χ1) is 9.13. The normalized spacial score (nSPS) is 13.3. The minimum atomic E-state index is -3.55. The van der Waals surface area contributed by atoms with Crippen molar-refractivity contribution in [2.75, 3.05) is 0 Å². The van der Waals surface area contributed by atoms with Crippen molar-refractivity contribution in [2.45, 2.75) is 30.8 Å². The number of sulfonamides is 1. The van der Waals surface area contributed by atoms with Gasteiger partial charge < -0.3 is 4.98 Å². The molecule has 0 saturated heterocycles. The van der Waals surface area contributed by atoms with Gasteiger partial charge in [0.15, 0.2) is 5.03 Å². The maximum absolute atomic E-state index is 12.2. The number of imidazole rings is 1. The Morgan fingerprint density at radius 2 is 2.05 bits per heavy atom. The Kier molecular flexibility index (Phi) is 4.34. The van der Waals surface area contributed by atoms with Gasteiger partial charge in [0.1, 0.15) is 0 Å². The minimum absolute atomic E-state index is 0.0875. The summed E-state index contributed by atoms with van der Waals surface area (Å²) in [5.41, 5.74) is 0.965. The highest BCUT2D eigenvalue weighted by molar-refractivity contribution is 7.89. The Balaban J connectivity index is 2.23. The van der Waals surface area contributed by atoms with Gasteiger partial charge in [-0.25, -0.2) is 18.1 Å². The van der Waals surface area contributed by atoms with Gasteiger partial charge in [0.2, 0.25) is 0 Å². The second-order valence-electron chi connectivity index (χ2n) is 4.29. The Morgan fingerprint density at radius 3 is 2.63 bits per heavy atom. The van der Waals surface area contributed by atoms with E-state index in [-0.39, 0.29) is 11.1 Å². The van der Waals surface area contributed by atoms with Crippen LogP contribution in [0.15, 0.2) is 47.9 Å². The molecule has 0 saturated carbocycles. The summed E-state index contributed by atoms with van der Waals surface area (Å²) in [5.74, 6) is 0. The second kappa shape index (κ2) is 5.99. The largest absolute Gasteiger partial charge is 0.335 e. The average Bonchev–Trinajstić information content (AvgIpc) is 2.94. The van der Waals surface area contributed by atoms with Gasteiger partial charge in [-0.1, -0.05) is 43.7 Å². The number of H-pyrrole nitrogens is 1. The summed E-state index contributed by atoms with van der Waals surface area (Å²) in [4.78, 5) is 6.35. The van der Waals surface area contributed by atoms with Crippen LogP contribution in [-0.4, -0.2) is 18.4 Å². The van der Waals surface area contributed by atoms with Crippen molar-refractivity contribution in [3.63, 3.8) is 0 Å². The highest BCUT2D eigenvalue weighted by Gasteiger charge is 2.21. The summed E-state index contributed by atoms with van der Waals surface area (Å²) >= 11 is 0. The Bertz CT molecular complexity index is 594. The van der Waals surface area contributed by atoms with Gasteiger partial charge in [-0.05, 0) is 12.0 Å². The van der Waals surface area contributed by atoms with Crippen molar-refractivity contribution in [1.29, 1.82) is 0 Å². The molecule has 0 radical (unpaired) electrons. The number of rotatable bonds is 6. The fraction of sp³-hybridized carbons (Fsp3) is 0.308. The van der Waals surface area contributed by atoms with Crippen molar-refractivity contribution in [3.8, 4) is 0 Å². The molecule has 0 aliphatic rings. The van der Waals surface area contributed by atoms with Crippen LogP contribution >= 0.6 is 0 Å². The van der Waals surface area contributed by atoms with Crippen molar-refractivity contribution in [3.05, 3.63) is 48.4 Å². The first-order valence-electron chi connectivity index (χ1n) is 6.19. The highest BCUT2D eigenvalue weighted by atomic mass is 32.2. The summed E-state index contributed by atoms with van der Waals surface area (Å²) in [6.07, 6.45) is 4.30. The van der Waals surface area contributed by atoms with Crippen molar-refractivity contribution in [2.24, 2.45) is 0 Å². The Labute approximate surface area is 113 Å². The van der Waals surface area contributed by atoms with E-state index in [0.29, 0.717) is 0 Å². The number of nitrogens with one attached hydrogen (secondary N) is 2. The number of aromatic nitrogens is 2. The molecule has 6 heteroatoms. The molecule has 0 fully saturated rings. The van der Waals surface area contributed by atoms with Gasteiger partial charge in [-0.3, -0.25) is 0 Å². The predicted molar refractivity (Wildman–Crippen MR) is 73.0 cm³/mol. The van der Waals surface area contributed by atoms with Crippen molar-refractivity contribution < 1.29 is 8.42 Å². The lowest BCUT2D eigenvalue weighted by molar-refractivity contribution is 0.534. The molecule has 1 atom stereocenters. The molecule has 2 aromatic rings. The molecule has 5 nitrogen and oxygen atoms in total. The smallest absolute Gasteiger partial charge is 0.258 e. The lowest BCUT2D eigenvalue weighted by atomic mass is 10.0. The lowest BCUT2D eigenvalue weighted by Crippen LogP contribution is -2.28. The third kappa shape index (κ3) is 3.42. The Hall–Kier alpha value is -1.66. The molecule has 0 aliphatic carbocycles. The maximum atomic E-state index is 12.2. The van der Waals surface area contributed by atoms with E-state index in [0.717, 1.165) is 18.4 Å². The summed E-state index contributed by atoms with van der Waals surface area (Å²) in [6, 6.07) is 9.35. The second-order valence-corrected chi connectivity index (χ2v) is 5.97. The number of hydrogen-bond donors (Lipinski definition) is 2.